The minimum absolute atomic E-state index is 0.153. The molecule has 1 aliphatic rings. The number of nitrogens with zero attached hydrogens (tertiary/aromatic N) is 2. The lowest BCUT2D eigenvalue weighted by Crippen LogP contribution is -2.48. The number of phenolic OH excluding ortho intramolecular Hbond substituents is 1. The number of benzene rings is 2. The lowest BCUT2D eigenvalue weighted by atomic mass is 10.2. The fourth-order valence-corrected chi connectivity index (χ4v) is 5.01. The number of phenols is 1. The molecule has 3 rings (SSSR count). The van der Waals surface area contributed by atoms with Crippen LogP contribution >= 0.6 is 15.9 Å². The van der Waals surface area contributed by atoms with Gasteiger partial charge in [-0.15, -0.1) is 0 Å². The highest BCUT2D eigenvalue weighted by atomic mass is 79.9. The van der Waals surface area contributed by atoms with E-state index in [1.54, 1.807) is 30.3 Å². The van der Waals surface area contributed by atoms with Crippen LogP contribution in [0, 0.1) is 0 Å². The highest BCUT2D eigenvalue weighted by Gasteiger charge is 2.31. The maximum atomic E-state index is 13.0. The summed E-state index contributed by atoms with van der Waals surface area (Å²) in [5, 5.41) is 9.97. The number of para-hydroxylation sites is 2. The van der Waals surface area contributed by atoms with Gasteiger partial charge in [0.2, 0.25) is 10.0 Å². The van der Waals surface area contributed by atoms with Gasteiger partial charge in [0.25, 0.3) is 0 Å². The number of hydrogen-bond donors (Lipinski definition) is 1. The number of methoxy groups -OCH3 is 1. The molecule has 0 spiro atoms. The first-order chi connectivity index (χ1) is 11.9. The normalized spacial score (nSPS) is 16.0. The van der Waals surface area contributed by atoms with E-state index in [0.717, 1.165) is 5.69 Å². The van der Waals surface area contributed by atoms with Gasteiger partial charge in [0.05, 0.1) is 12.8 Å². The monoisotopic (exact) mass is 426 g/mol. The Balaban J connectivity index is 1.81. The number of hydrogen-bond acceptors (Lipinski definition) is 5. The van der Waals surface area contributed by atoms with Gasteiger partial charge in [-0.3, -0.25) is 0 Å². The fraction of sp³-hybridized carbons (Fsp3) is 0.294. The van der Waals surface area contributed by atoms with Crippen LogP contribution in [-0.2, 0) is 10.0 Å². The number of piperazine rings is 1. The molecule has 0 unspecified atom stereocenters. The van der Waals surface area contributed by atoms with Crippen molar-refractivity contribution in [1.82, 2.24) is 4.31 Å². The second-order valence-electron chi connectivity index (χ2n) is 5.68. The van der Waals surface area contributed by atoms with E-state index in [1.807, 2.05) is 17.0 Å². The lowest BCUT2D eigenvalue weighted by molar-refractivity contribution is 0.372. The molecule has 1 heterocycles. The van der Waals surface area contributed by atoms with E-state index in [2.05, 4.69) is 15.9 Å². The number of ether oxygens (including phenoxy) is 1. The summed E-state index contributed by atoms with van der Waals surface area (Å²) in [5.41, 5.74) is 0.722. The fourth-order valence-electron chi connectivity index (χ4n) is 2.89. The van der Waals surface area contributed by atoms with Crippen molar-refractivity contribution in [2.24, 2.45) is 0 Å². The Morgan fingerprint density at radius 1 is 1.08 bits per heavy atom. The molecule has 0 aromatic heterocycles. The average molecular weight is 427 g/mol. The van der Waals surface area contributed by atoms with Crippen LogP contribution in [0.15, 0.2) is 51.8 Å². The minimum atomic E-state index is -3.65. The van der Waals surface area contributed by atoms with Gasteiger partial charge in [-0.1, -0.05) is 28.1 Å². The maximum absolute atomic E-state index is 13.0. The van der Waals surface area contributed by atoms with Crippen LogP contribution in [-0.4, -0.2) is 51.1 Å². The second kappa shape index (κ2) is 7.23. The molecule has 1 fully saturated rings. The minimum Gasteiger partial charge on any atom is -0.506 e. The molecule has 0 radical (unpaired) electrons. The molecule has 2 aromatic rings. The van der Waals surface area contributed by atoms with E-state index in [4.69, 9.17) is 4.74 Å². The zero-order valence-corrected chi connectivity index (χ0v) is 16.1. The van der Waals surface area contributed by atoms with E-state index in [-0.39, 0.29) is 10.6 Å². The largest absolute Gasteiger partial charge is 0.506 e. The Labute approximate surface area is 155 Å². The summed E-state index contributed by atoms with van der Waals surface area (Å²) < 4.78 is 33.3. The van der Waals surface area contributed by atoms with Gasteiger partial charge in [0.15, 0.2) is 0 Å². The third-order valence-corrected chi connectivity index (χ3v) is 6.62. The third-order valence-electron chi connectivity index (χ3n) is 4.20. The Morgan fingerprint density at radius 2 is 1.76 bits per heavy atom. The molecule has 0 atom stereocenters. The van der Waals surface area contributed by atoms with Crippen LogP contribution < -0.4 is 9.64 Å². The second-order valence-corrected chi connectivity index (χ2v) is 8.50. The molecule has 2 aromatic carbocycles. The molecule has 0 saturated carbocycles. The molecule has 6 nitrogen and oxygen atoms in total. The van der Waals surface area contributed by atoms with Gasteiger partial charge in [-0.2, -0.15) is 4.31 Å². The predicted octanol–water partition coefficient (Wildman–Crippen LogP) is 2.67. The smallest absolute Gasteiger partial charge is 0.246 e. The highest BCUT2D eigenvalue weighted by molar-refractivity contribution is 9.10. The summed E-state index contributed by atoms with van der Waals surface area (Å²) >= 11 is 3.32. The van der Waals surface area contributed by atoms with Crippen molar-refractivity contribution in [1.29, 1.82) is 0 Å². The summed E-state index contributed by atoms with van der Waals surface area (Å²) in [4.78, 5) is 2.14. The summed E-state index contributed by atoms with van der Waals surface area (Å²) in [6.07, 6.45) is 0. The zero-order chi connectivity index (χ0) is 18.0. The van der Waals surface area contributed by atoms with Gasteiger partial charge in [-0.25, -0.2) is 8.42 Å². The Hall–Kier alpha value is -1.77. The molecular weight excluding hydrogens is 408 g/mol. The van der Waals surface area contributed by atoms with Gasteiger partial charge >= 0.3 is 0 Å². The first kappa shape index (κ1) is 18.0. The highest BCUT2D eigenvalue weighted by Crippen LogP contribution is 2.32. The Bertz CT molecular complexity index is 865. The number of anilines is 1. The van der Waals surface area contributed by atoms with Crippen LogP contribution in [0.2, 0.25) is 0 Å². The third kappa shape index (κ3) is 3.61. The molecule has 1 aliphatic heterocycles. The van der Waals surface area contributed by atoms with Gasteiger partial charge in [0.1, 0.15) is 16.4 Å². The standard InChI is InChI=1S/C17H19BrN2O4S/c1-24-16-7-6-13(18)12-17(16)25(22,23)20-10-8-19(9-11-20)14-4-2-3-5-15(14)21/h2-7,12,21H,8-11H2,1H3. The van der Waals surface area contributed by atoms with Crippen molar-refractivity contribution >= 4 is 31.6 Å². The molecule has 1 N–H and O–H groups in total. The van der Waals surface area contributed by atoms with Crippen LogP contribution in [0.3, 0.4) is 0 Å². The molecule has 0 aliphatic carbocycles. The Morgan fingerprint density at radius 3 is 2.40 bits per heavy atom. The zero-order valence-electron chi connectivity index (χ0n) is 13.7. The van der Waals surface area contributed by atoms with E-state index in [9.17, 15) is 13.5 Å². The van der Waals surface area contributed by atoms with Gasteiger partial charge in [0, 0.05) is 30.7 Å². The van der Waals surface area contributed by atoms with Crippen molar-refractivity contribution in [3.05, 3.63) is 46.9 Å². The quantitative estimate of drug-likeness (QED) is 0.813. The topological polar surface area (TPSA) is 70.1 Å². The molecular formula is C17H19BrN2O4S. The Kier molecular flexibility index (Phi) is 5.21. The number of sulfonamides is 1. The summed E-state index contributed by atoms with van der Waals surface area (Å²) in [6.45, 7) is 1.69. The van der Waals surface area contributed by atoms with Crippen LogP contribution in [0.1, 0.15) is 0 Å². The summed E-state index contributed by atoms with van der Waals surface area (Å²) in [7, 11) is -2.20. The maximum Gasteiger partial charge on any atom is 0.246 e. The van der Waals surface area contributed by atoms with Crippen LogP contribution in [0.4, 0.5) is 5.69 Å². The van der Waals surface area contributed by atoms with Gasteiger partial charge in [-0.05, 0) is 30.3 Å². The van der Waals surface area contributed by atoms with E-state index < -0.39 is 10.0 Å². The van der Waals surface area contributed by atoms with Crippen molar-refractivity contribution in [3.8, 4) is 11.5 Å². The van der Waals surface area contributed by atoms with Crippen LogP contribution in [0.25, 0.3) is 0 Å². The SMILES string of the molecule is COc1ccc(Br)cc1S(=O)(=O)N1CCN(c2ccccc2O)CC1. The molecule has 0 bridgehead atoms. The van der Waals surface area contributed by atoms with E-state index in [0.29, 0.717) is 36.4 Å². The van der Waals surface area contributed by atoms with E-state index in [1.165, 1.54) is 11.4 Å². The predicted molar refractivity (Wildman–Crippen MR) is 99.8 cm³/mol. The first-order valence-corrected chi connectivity index (χ1v) is 10.0. The number of aromatic hydroxyl groups is 1. The summed E-state index contributed by atoms with van der Waals surface area (Å²) in [5.74, 6) is 0.527. The van der Waals surface area contributed by atoms with E-state index >= 15 is 0 Å². The average Bonchev–Trinajstić information content (AvgIpc) is 2.62. The molecule has 25 heavy (non-hydrogen) atoms. The molecule has 134 valence electrons. The van der Waals surface area contributed by atoms with Crippen LogP contribution in [0.5, 0.6) is 11.5 Å². The van der Waals surface area contributed by atoms with Crippen molar-refractivity contribution < 1.29 is 18.3 Å². The van der Waals surface area contributed by atoms with Crippen molar-refractivity contribution in [2.75, 3.05) is 38.2 Å². The lowest BCUT2D eigenvalue weighted by Gasteiger charge is -2.35. The van der Waals surface area contributed by atoms with Gasteiger partial charge < -0.3 is 14.7 Å². The first-order valence-electron chi connectivity index (χ1n) is 7.80. The molecule has 8 heteroatoms. The number of halogens is 1. The van der Waals surface area contributed by atoms with Crippen molar-refractivity contribution in [3.63, 3.8) is 0 Å². The summed E-state index contributed by atoms with van der Waals surface area (Å²) in [6, 6.07) is 12.0. The molecule has 1 saturated heterocycles. The molecule has 0 amide bonds. The van der Waals surface area contributed by atoms with Crippen molar-refractivity contribution in [2.45, 2.75) is 4.90 Å². The number of rotatable bonds is 4.